The number of halogens is 1. The molecule has 0 aliphatic carbocycles. The molecule has 11 heteroatoms. The fourth-order valence-corrected chi connectivity index (χ4v) is 3.47. The number of hydrogen-bond acceptors (Lipinski definition) is 7. The number of carbonyl (C=O) groups is 1. The van der Waals surface area contributed by atoms with Gasteiger partial charge in [-0.25, -0.2) is 18.6 Å². The third kappa shape index (κ3) is 4.40. The molecular formula is C23H25FN8O2. The quantitative estimate of drug-likeness (QED) is 0.383. The third-order valence-electron chi connectivity index (χ3n) is 5.29. The highest BCUT2D eigenvalue weighted by molar-refractivity contribution is 6.03. The standard InChI is InChI=1S/C23H25FN8O2/c1-13(2)30-20-17(22(33)27-11-19(24)23(3,4)34)10-28-31-12-16(6-18(20)31)32-21-15(9-29-32)5-14(7-25)8-26-21/h5-6,8-10,12-13,19,30,34H,11H2,1-4H3,(H,27,33)/t19-/m1/s1. The van der Waals surface area contributed by atoms with Crippen molar-refractivity contribution in [1.29, 1.82) is 5.26 Å². The second-order valence-electron chi connectivity index (χ2n) is 8.90. The minimum atomic E-state index is -1.63. The van der Waals surface area contributed by atoms with Crippen LogP contribution in [0.5, 0.6) is 0 Å². The molecule has 4 aromatic heterocycles. The lowest BCUT2D eigenvalue weighted by molar-refractivity contribution is -0.00177. The molecule has 0 spiro atoms. The van der Waals surface area contributed by atoms with Crippen molar-refractivity contribution in [3.05, 3.63) is 48.0 Å². The summed E-state index contributed by atoms with van der Waals surface area (Å²) >= 11 is 0. The smallest absolute Gasteiger partial charge is 0.255 e. The average Bonchev–Trinajstić information content (AvgIpc) is 3.39. The second kappa shape index (κ2) is 8.72. The van der Waals surface area contributed by atoms with E-state index in [4.69, 9.17) is 5.26 Å². The first-order chi connectivity index (χ1) is 16.1. The molecule has 0 saturated carbocycles. The van der Waals surface area contributed by atoms with E-state index in [1.165, 1.54) is 26.2 Å². The van der Waals surface area contributed by atoms with E-state index in [9.17, 15) is 14.3 Å². The molecule has 0 saturated heterocycles. The zero-order valence-corrected chi connectivity index (χ0v) is 19.2. The largest absolute Gasteiger partial charge is 0.387 e. The second-order valence-corrected chi connectivity index (χ2v) is 8.90. The number of nitriles is 1. The predicted molar refractivity (Wildman–Crippen MR) is 125 cm³/mol. The molecule has 0 unspecified atom stereocenters. The van der Waals surface area contributed by atoms with Crippen molar-refractivity contribution >= 4 is 28.1 Å². The summed E-state index contributed by atoms with van der Waals surface area (Å²) in [4.78, 5) is 17.2. The third-order valence-corrected chi connectivity index (χ3v) is 5.29. The van der Waals surface area contributed by atoms with E-state index in [0.29, 0.717) is 28.1 Å². The van der Waals surface area contributed by atoms with E-state index >= 15 is 0 Å². The van der Waals surface area contributed by atoms with Crippen LogP contribution in [-0.4, -0.2) is 59.8 Å². The van der Waals surface area contributed by atoms with Crippen LogP contribution in [0.25, 0.3) is 22.2 Å². The molecule has 176 valence electrons. The lowest BCUT2D eigenvalue weighted by atomic mass is 10.0. The number of carbonyl (C=O) groups excluding carboxylic acids is 1. The van der Waals surface area contributed by atoms with Crippen LogP contribution in [0.3, 0.4) is 0 Å². The summed E-state index contributed by atoms with van der Waals surface area (Å²) in [5.41, 5.74) is 1.50. The summed E-state index contributed by atoms with van der Waals surface area (Å²) in [7, 11) is 0. The van der Waals surface area contributed by atoms with Crippen LogP contribution < -0.4 is 10.6 Å². The summed E-state index contributed by atoms with van der Waals surface area (Å²) < 4.78 is 17.4. The van der Waals surface area contributed by atoms with Gasteiger partial charge in [0.25, 0.3) is 5.91 Å². The highest BCUT2D eigenvalue weighted by atomic mass is 19.1. The number of aliphatic hydroxyl groups is 1. The normalized spacial score (nSPS) is 12.8. The highest BCUT2D eigenvalue weighted by Gasteiger charge is 2.27. The van der Waals surface area contributed by atoms with E-state index in [1.807, 2.05) is 19.9 Å². The van der Waals surface area contributed by atoms with E-state index in [0.717, 1.165) is 5.39 Å². The Bertz CT molecular complexity index is 1410. The van der Waals surface area contributed by atoms with Crippen LogP contribution in [0.1, 0.15) is 43.6 Å². The number of nitrogens with one attached hydrogen (secondary N) is 2. The molecule has 10 nitrogen and oxygen atoms in total. The minimum absolute atomic E-state index is 0.00185. The first-order valence-corrected chi connectivity index (χ1v) is 10.8. The molecule has 0 fully saturated rings. The Hall–Kier alpha value is -4.04. The van der Waals surface area contributed by atoms with Crippen LogP contribution in [0, 0.1) is 11.3 Å². The Morgan fingerprint density at radius 2 is 2.03 bits per heavy atom. The number of fused-ring (bicyclic) bond motifs is 2. The van der Waals surface area contributed by atoms with Crippen LogP contribution >= 0.6 is 0 Å². The molecule has 34 heavy (non-hydrogen) atoms. The van der Waals surface area contributed by atoms with Crippen molar-refractivity contribution in [2.24, 2.45) is 0 Å². The Morgan fingerprint density at radius 3 is 2.71 bits per heavy atom. The molecule has 0 aliphatic heterocycles. The van der Waals surface area contributed by atoms with Gasteiger partial charge in [0.05, 0.1) is 58.8 Å². The molecule has 0 aromatic carbocycles. The van der Waals surface area contributed by atoms with E-state index in [2.05, 4.69) is 31.9 Å². The van der Waals surface area contributed by atoms with Crippen molar-refractivity contribution in [1.82, 2.24) is 29.7 Å². The topological polar surface area (TPSA) is 133 Å². The number of anilines is 1. The highest BCUT2D eigenvalue weighted by Crippen LogP contribution is 2.27. The molecule has 4 aromatic rings. The van der Waals surface area contributed by atoms with Gasteiger partial charge in [0, 0.05) is 17.6 Å². The minimum Gasteiger partial charge on any atom is -0.387 e. The van der Waals surface area contributed by atoms with Gasteiger partial charge >= 0.3 is 0 Å². The Morgan fingerprint density at radius 1 is 1.26 bits per heavy atom. The summed E-state index contributed by atoms with van der Waals surface area (Å²) in [5, 5.41) is 34.2. The molecule has 0 bridgehead atoms. The zero-order valence-electron chi connectivity index (χ0n) is 19.2. The van der Waals surface area contributed by atoms with Crippen LogP contribution in [0.15, 0.2) is 36.9 Å². The summed E-state index contributed by atoms with van der Waals surface area (Å²) in [6.07, 6.45) is 4.64. The molecule has 1 atom stereocenters. The molecular weight excluding hydrogens is 439 g/mol. The lowest BCUT2D eigenvalue weighted by Gasteiger charge is -2.23. The number of alkyl halides is 1. The SMILES string of the molecule is CC(C)Nc1c(C(=O)NC[C@@H](F)C(C)(C)O)cnn2cc(-n3ncc4cc(C#N)cnc43)cc12. The maximum absolute atomic E-state index is 14.2. The van der Waals surface area contributed by atoms with E-state index < -0.39 is 17.7 Å². The number of rotatable bonds is 7. The number of nitrogens with zero attached hydrogens (tertiary/aromatic N) is 6. The Kier molecular flexibility index (Phi) is 5.93. The zero-order chi connectivity index (χ0) is 24.6. The van der Waals surface area contributed by atoms with Crippen LogP contribution in [0.4, 0.5) is 10.1 Å². The van der Waals surface area contributed by atoms with Crippen LogP contribution in [-0.2, 0) is 0 Å². The Labute approximate surface area is 195 Å². The van der Waals surface area contributed by atoms with Crippen molar-refractivity contribution in [3.8, 4) is 11.8 Å². The number of aromatic nitrogens is 5. The molecule has 0 radical (unpaired) electrons. The van der Waals surface area contributed by atoms with Gasteiger partial charge in [0.1, 0.15) is 12.2 Å². The monoisotopic (exact) mass is 464 g/mol. The van der Waals surface area contributed by atoms with Gasteiger partial charge in [-0.2, -0.15) is 15.5 Å². The first-order valence-electron chi connectivity index (χ1n) is 10.8. The van der Waals surface area contributed by atoms with Crippen molar-refractivity contribution in [2.75, 3.05) is 11.9 Å². The fourth-order valence-electron chi connectivity index (χ4n) is 3.47. The van der Waals surface area contributed by atoms with Gasteiger partial charge in [0.2, 0.25) is 0 Å². The van der Waals surface area contributed by atoms with Crippen LogP contribution in [0.2, 0.25) is 0 Å². The van der Waals surface area contributed by atoms with Gasteiger partial charge in [-0.05, 0) is 39.8 Å². The summed E-state index contributed by atoms with van der Waals surface area (Å²) in [5.74, 6) is -0.511. The van der Waals surface area contributed by atoms with Gasteiger partial charge in [0.15, 0.2) is 5.65 Å². The summed E-state index contributed by atoms with van der Waals surface area (Å²) in [6.45, 7) is 6.23. The molecule has 3 N–H and O–H groups in total. The van der Waals surface area contributed by atoms with Gasteiger partial charge in [-0.3, -0.25) is 4.79 Å². The van der Waals surface area contributed by atoms with Crippen molar-refractivity contribution in [3.63, 3.8) is 0 Å². The van der Waals surface area contributed by atoms with Gasteiger partial charge in [-0.1, -0.05) is 0 Å². The van der Waals surface area contributed by atoms with Gasteiger partial charge < -0.3 is 15.7 Å². The first kappa shape index (κ1) is 23.1. The predicted octanol–water partition coefficient (Wildman–Crippen LogP) is 2.60. The van der Waals surface area contributed by atoms with Crippen molar-refractivity contribution < 1.29 is 14.3 Å². The summed E-state index contributed by atoms with van der Waals surface area (Å²) in [6, 6.07) is 5.58. The number of amides is 1. The van der Waals surface area contributed by atoms with Gasteiger partial charge in [-0.15, -0.1) is 0 Å². The number of pyridine rings is 1. The average molecular weight is 465 g/mol. The lowest BCUT2D eigenvalue weighted by Crippen LogP contribution is -2.42. The van der Waals surface area contributed by atoms with E-state index in [-0.39, 0.29) is 18.2 Å². The molecule has 0 aliphatic rings. The maximum atomic E-state index is 14.2. The molecule has 1 amide bonds. The number of hydrogen-bond donors (Lipinski definition) is 3. The molecule has 4 rings (SSSR count). The van der Waals surface area contributed by atoms with E-state index in [1.54, 1.807) is 27.7 Å². The maximum Gasteiger partial charge on any atom is 0.255 e. The van der Waals surface area contributed by atoms with Crippen molar-refractivity contribution in [2.45, 2.75) is 45.5 Å². The Balaban J connectivity index is 1.74. The molecule has 4 heterocycles. The fraction of sp³-hybridized carbons (Fsp3) is 0.348.